The molecule has 0 bridgehead atoms. The standard InChI is InChI=1S/C57H38N4/c1-6-17-39(18-7-1)44-27-16-28-45(33-44)46-29-31-55-49(34-46)50-35-47(52-37-48(40-19-8-2-9-20-40)36-51(58-52)41-21-10-3-11-22-41)30-32-56(50)61(55)57-59-53(42-23-12-4-13-24-42)38-54(60-57)43-25-14-5-15-26-43/h1-38H. The summed E-state index contributed by atoms with van der Waals surface area (Å²) in [4.78, 5) is 15.9. The molecule has 8 aromatic carbocycles. The van der Waals surface area contributed by atoms with Crippen molar-refractivity contribution in [3.63, 3.8) is 0 Å². The molecule has 286 valence electrons. The maximum absolute atomic E-state index is 5.31. The molecule has 0 radical (unpaired) electrons. The largest absolute Gasteiger partial charge is 0.278 e. The highest BCUT2D eigenvalue weighted by Gasteiger charge is 2.19. The van der Waals surface area contributed by atoms with Crippen LogP contribution >= 0.6 is 0 Å². The highest BCUT2D eigenvalue weighted by Crippen LogP contribution is 2.39. The third-order valence-electron chi connectivity index (χ3n) is 11.4. The summed E-state index contributed by atoms with van der Waals surface area (Å²) in [5, 5.41) is 2.20. The topological polar surface area (TPSA) is 43.6 Å². The maximum Gasteiger partial charge on any atom is 0.235 e. The molecule has 0 fully saturated rings. The van der Waals surface area contributed by atoms with Gasteiger partial charge in [0.2, 0.25) is 5.95 Å². The average molecular weight is 779 g/mol. The number of fused-ring (bicyclic) bond motifs is 3. The zero-order valence-electron chi connectivity index (χ0n) is 33.2. The van der Waals surface area contributed by atoms with Crippen molar-refractivity contribution < 1.29 is 0 Å². The normalized spacial score (nSPS) is 11.3. The number of benzene rings is 8. The first kappa shape index (κ1) is 35.9. The quantitative estimate of drug-likeness (QED) is 0.154. The van der Waals surface area contributed by atoms with Crippen molar-refractivity contribution in [3.05, 3.63) is 231 Å². The molecule has 0 unspecified atom stereocenters. The van der Waals surface area contributed by atoms with Gasteiger partial charge in [0, 0.05) is 33.0 Å². The van der Waals surface area contributed by atoms with Crippen molar-refractivity contribution in [2.45, 2.75) is 0 Å². The lowest BCUT2D eigenvalue weighted by molar-refractivity contribution is 0.995. The molecule has 4 nitrogen and oxygen atoms in total. The molecule has 0 aliphatic heterocycles. The van der Waals surface area contributed by atoms with Crippen molar-refractivity contribution >= 4 is 21.8 Å². The Morgan fingerprint density at radius 3 is 1.10 bits per heavy atom. The van der Waals surface area contributed by atoms with Gasteiger partial charge in [-0.05, 0) is 81.9 Å². The first-order valence-corrected chi connectivity index (χ1v) is 20.6. The molecule has 61 heavy (non-hydrogen) atoms. The Labute approximate surface area is 354 Å². The minimum Gasteiger partial charge on any atom is -0.278 e. The molecule has 0 aliphatic rings. The van der Waals surface area contributed by atoms with Crippen LogP contribution in [-0.2, 0) is 0 Å². The second-order valence-electron chi connectivity index (χ2n) is 15.3. The molecule has 3 heterocycles. The summed E-state index contributed by atoms with van der Waals surface area (Å²) in [6, 6.07) is 81.0. The lowest BCUT2D eigenvalue weighted by Crippen LogP contribution is -2.04. The second-order valence-corrected chi connectivity index (χ2v) is 15.3. The molecule has 11 rings (SSSR count). The first-order valence-electron chi connectivity index (χ1n) is 20.6. The minimum absolute atomic E-state index is 0.613. The van der Waals surface area contributed by atoms with Crippen LogP contribution in [-0.4, -0.2) is 19.5 Å². The van der Waals surface area contributed by atoms with E-state index >= 15 is 0 Å². The average Bonchev–Trinajstić information content (AvgIpc) is 3.68. The van der Waals surface area contributed by atoms with Crippen LogP contribution in [0.2, 0.25) is 0 Å². The molecule has 11 aromatic rings. The van der Waals surface area contributed by atoms with E-state index in [9.17, 15) is 0 Å². The van der Waals surface area contributed by atoms with Crippen LogP contribution in [0.5, 0.6) is 0 Å². The van der Waals surface area contributed by atoms with Crippen LogP contribution < -0.4 is 0 Å². The van der Waals surface area contributed by atoms with Crippen LogP contribution in [0.15, 0.2) is 231 Å². The van der Waals surface area contributed by atoms with E-state index < -0.39 is 0 Å². The predicted molar refractivity (Wildman–Crippen MR) is 252 cm³/mol. The van der Waals surface area contributed by atoms with E-state index in [2.05, 4.69) is 217 Å². The van der Waals surface area contributed by atoms with E-state index in [0.29, 0.717) is 5.95 Å². The second kappa shape index (κ2) is 15.5. The smallest absolute Gasteiger partial charge is 0.235 e. The van der Waals surface area contributed by atoms with Crippen molar-refractivity contribution in [3.8, 4) is 84.4 Å². The summed E-state index contributed by atoms with van der Waals surface area (Å²) < 4.78 is 2.22. The Morgan fingerprint density at radius 2 is 0.590 bits per heavy atom. The summed E-state index contributed by atoms with van der Waals surface area (Å²) in [6.45, 7) is 0. The summed E-state index contributed by atoms with van der Waals surface area (Å²) >= 11 is 0. The minimum atomic E-state index is 0.613. The van der Waals surface area contributed by atoms with E-state index in [1.165, 1.54) is 11.1 Å². The SMILES string of the molecule is c1ccc(-c2cccc(-c3ccc4c(c3)c3cc(-c5cc(-c6ccccc6)cc(-c6ccccc6)n5)ccc3n4-c3nc(-c4ccccc4)cc(-c4ccccc4)n3)c2)cc1. The Morgan fingerprint density at radius 1 is 0.230 bits per heavy atom. The van der Waals surface area contributed by atoms with E-state index in [4.69, 9.17) is 15.0 Å². The van der Waals surface area contributed by atoms with Gasteiger partial charge < -0.3 is 0 Å². The molecule has 0 N–H and O–H groups in total. The summed E-state index contributed by atoms with van der Waals surface area (Å²) in [5.74, 6) is 0.613. The number of aromatic nitrogens is 4. The van der Waals surface area contributed by atoms with E-state index in [1.54, 1.807) is 0 Å². The number of rotatable bonds is 8. The van der Waals surface area contributed by atoms with Gasteiger partial charge in [0.05, 0.1) is 33.8 Å². The van der Waals surface area contributed by atoms with Gasteiger partial charge in [0.15, 0.2) is 0 Å². The Bertz CT molecular complexity index is 3210. The van der Waals surface area contributed by atoms with Gasteiger partial charge in [-0.25, -0.2) is 15.0 Å². The van der Waals surface area contributed by atoms with Crippen molar-refractivity contribution in [1.29, 1.82) is 0 Å². The fourth-order valence-electron chi connectivity index (χ4n) is 8.37. The van der Waals surface area contributed by atoms with Gasteiger partial charge in [-0.3, -0.25) is 4.57 Å². The highest BCUT2D eigenvalue weighted by molar-refractivity contribution is 6.11. The van der Waals surface area contributed by atoms with Crippen molar-refractivity contribution in [2.24, 2.45) is 0 Å². The Hall–Kier alpha value is -8.21. The Kier molecular flexibility index (Phi) is 9.14. The lowest BCUT2D eigenvalue weighted by Gasteiger charge is -2.12. The third kappa shape index (κ3) is 6.96. The van der Waals surface area contributed by atoms with Gasteiger partial charge in [-0.2, -0.15) is 0 Å². The van der Waals surface area contributed by atoms with Crippen LogP contribution in [0.25, 0.3) is 106 Å². The van der Waals surface area contributed by atoms with Crippen LogP contribution in [0.4, 0.5) is 0 Å². The maximum atomic E-state index is 5.31. The molecule has 4 heteroatoms. The summed E-state index contributed by atoms with van der Waals surface area (Å²) in [6.07, 6.45) is 0. The third-order valence-corrected chi connectivity index (χ3v) is 11.4. The van der Waals surface area contributed by atoms with Crippen LogP contribution in [0.1, 0.15) is 0 Å². The summed E-state index contributed by atoms with van der Waals surface area (Å²) in [5.41, 5.74) is 16.7. The van der Waals surface area contributed by atoms with Gasteiger partial charge in [0.1, 0.15) is 0 Å². The lowest BCUT2D eigenvalue weighted by atomic mass is 9.97. The van der Waals surface area contributed by atoms with Crippen LogP contribution in [0, 0.1) is 0 Å². The number of pyridine rings is 1. The molecule has 0 amide bonds. The number of hydrogen-bond donors (Lipinski definition) is 0. The molecule has 0 saturated heterocycles. The number of hydrogen-bond acceptors (Lipinski definition) is 3. The first-order chi connectivity index (χ1) is 30.2. The van der Waals surface area contributed by atoms with Crippen LogP contribution in [0.3, 0.4) is 0 Å². The zero-order valence-corrected chi connectivity index (χ0v) is 33.2. The molecular formula is C57H38N4. The van der Waals surface area contributed by atoms with Gasteiger partial charge in [-0.1, -0.05) is 182 Å². The predicted octanol–water partition coefficient (Wildman–Crippen LogP) is 14.6. The van der Waals surface area contributed by atoms with E-state index in [0.717, 1.165) is 89.1 Å². The zero-order chi connectivity index (χ0) is 40.5. The fraction of sp³-hybridized carbons (Fsp3) is 0. The molecular weight excluding hydrogens is 741 g/mol. The molecule has 0 atom stereocenters. The monoisotopic (exact) mass is 778 g/mol. The highest BCUT2D eigenvalue weighted by atomic mass is 15.2. The number of nitrogens with zero attached hydrogens (tertiary/aromatic N) is 4. The molecule has 0 aliphatic carbocycles. The molecule has 0 saturated carbocycles. The molecule has 3 aromatic heterocycles. The van der Waals surface area contributed by atoms with Gasteiger partial charge in [0.25, 0.3) is 0 Å². The van der Waals surface area contributed by atoms with Gasteiger partial charge in [-0.15, -0.1) is 0 Å². The van der Waals surface area contributed by atoms with Gasteiger partial charge >= 0.3 is 0 Å². The Balaban J connectivity index is 1.15. The molecule has 0 spiro atoms. The summed E-state index contributed by atoms with van der Waals surface area (Å²) in [7, 11) is 0. The fourth-order valence-corrected chi connectivity index (χ4v) is 8.37. The van der Waals surface area contributed by atoms with E-state index in [-0.39, 0.29) is 0 Å². The van der Waals surface area contributed by atoms with E-state index in [1.807, 2.05) is 18.2 Å². The van der Waals surface area contributed by atoms with Crippen molar-refractivity contribution in [2.75, 3.05) is 0 Å². The van der Waals surface area contributed by atoms with Crippen molar-refractivity contribution in [1.82, 2.24) is 19.5 Å².